The number of rotatable bonds is 8. The van der Waals surface area contributed by atoms with E-state index in [2.05, 4.69) is 20.6 Å². The number of carbonyl (C=O) groups excluding carboxylic acids is 2. The third-order valence-electron chi connectivity index (χ3n) is 7.64. The minimum atomic E-state index is -5.62. The van der Waals surface area contributed by atoms with Crippen LogP contribution in [0.4, 0.5) is 23.2 Å². The van der Waals surface area contributed by atoms with E-state index in [4.69, 9.17) is 4.74 Å². The number of nitrogens with zero attached hydrogens (tertiary/aromatic N) is 2. The number of hydrogen-bond acceptors (Lipinski definition) is 7. The molecule has 0 spiro atoms. The van der Waals surface area contributed by atoms with Gasteiger partial charge in [-0.05, 0) is 42.5 Å². The number of hydrogen-bond donors (Lipinski definition) is 2. The van der Waals surface area contributed by atoms with Crippen molar-refractivity contribution < 1.29 is 40.3 Å². The molecule has 0 aliphatic heterocycles. The van der Waals surface area contributed by atoms with Gasteiger partial charge in [-0.3, -0.25) is 9.59 Å². The Morgan fingerprint density at radius 2 is 1.77 bits per heavy atom. The Balaban J connectivity index is 1.39. The number of aromatic nitrogens is 2. The maximum absolute atomic E-state index is 15.0. The molecule has 226 valence electrons. The van der Waals surface area contributed by atoms with E-state index < -0.39 is 49.8 Å². The molecule has 4 atom stereocenters. The van der Waals surface area contributed by atoms with Crippen molar-refractivity contribution in [2.24, 2.45) is 17.8 Å². The second kappa shape index (κ2) is 11.4. The van der Waals surface area contributed by atoms with Gasteiger partial charge in [-0.1, -0.05) is 25.1 Å². The lowest BCUT2D eigenvalue weighted by molar-refractivity contribution is -0.121. The predicted octanol–water partition coefficient (Wildman–Crippen LogP) is 4.71. The summed E-state index contributed by atoms with van der Waals surface area (Å²) in [5.41, 5.74) is -5.22. The lowest BCUT2D eigenvalue weighted by Crippen LogP contribution is -2.47. The number of sulfone groups is 1. The van der Waals surface area contributed by atoms with E-state index >= 15 is 0 Å². The van der Waals surface area contributed by atoms with Crippen LogP contribution in [-0.4, -0.2) is 48.9 Å². The maximum Gasteiger partial charge on any atom is 0.501 e. The predicted molar refractivity (Wildman–Crippen MR) is 147 cm³/mol. The quantitative estimate of drug-likeness (QED) is 0.277. The fourth-order valence-electron chi connectivity index (χ4n) is 5.50. The van der Waals surface area contributed by atoms with Crippen molar-refractivity contribution in [2.45, 2.75) is 36.2 Å². The van der Waals surface area contributed by atoms with E-state index in [1.807, 2.05) is 19.1 Å². The Bertz CT molecular complexity index is 1710. The summed E-state index contributed by atoms with van der Waals surface area (Å²) in [5.74, 6) is -2.68. The van der Waals surface area contributed by atoms with E-state index in [0.29, 0.717) is 24.2 Å². The number of methoxy groups -OCH3 is 1. The van der Waals surface area contributed by atoms with Crippen molar-refractivity contribution in [1.82, 2.24) is 15.3 Å². The smallest absolute Gasteiger partial charge is 0.496 e. The normalized spacial score (nSPS) is 21.1. The number of ether oxygens (including phenoxy) is 1. The third-order valence-corrected chi connectivity index (χ3v) is 9.13. The van der Waals surface area contributed by atoms with Crippen LogP contribution in [-0.2, 0) is 21.1 Å². The number of fused-ring (bicyclic) bond motifs is 2. The second-order valence-electron chi connectivity index (χ2n) is 10.2. The van der Waals surface area contributed by atoms with Crippen molar-refractivity contribution in [3.05, 3.63) is 78.1 Å². The molecular formula is C29H26F4N4O5S. The molecule has 2 aliphatic rings. The zero-order valence-corrected chi connectivity index (χ0v) is 23.7. The van der Waals surface area contributed by atoms with Crippen LogP contribution in [0.15, 0.2) is 65.8 Å². The summed E-state index contributed by atoms with van der Waals surface area (Å²) in [6, 6.07) is 5.56. The number of carbonyl (C=O) groups is 2. The molecule has 0 radical (unpaired) electrons. The van der Waals surface area contributed by atoms with Gasteiger partial charge in [0.2, 0.25) is 5.91 Å². The molecule has 1 aromatic heterocycles. The number of nitrogens with one attached hydrogen (secondary N) is 2. The van der Waals surface area contributed by atoms with Gasteiger partial charge in [-0.2, -0.15) is 13.2 Å². The zero-order chi connectivity index (χ0) is 31.1. The second-order valence-corrected chi connectivity index (χ2v) is 12.2. The Morgan fingerprint density at radius 1 is 1.07 bits per heavy atom. The van der Waals surface area contributed by atoms with Gasteiger partial charge in [0.25, 0.3) is 15.7 Å². The van der Waals surface area contributed by atoms with Crippen molar-refractivity contribution in [3.8, 4) is 16.9 Å². The van der Waals surface area contributed by atoms with Gasteiger partial charge in [-0.15, -0.1) is 0 Å². The largest absolute Gasteiger partial charge is 0.501 e. The molecule has 2 N–H and O–H groups in total. The first-order chi connectivity index (χ1) is 20.3. The minimum absolute atomic E-state index is 0.00874. The lowest BCUT2D eigenvalue weighted by Gasteiger charge is -2.28. The molecule has 2 amide bonds. The molecule has 3 aromatic rings. The number of anilines is 1. The number of allylic oxidation sites excluding steroid dienone is 1. The van der Waals surface area contributed by atoms with E-state index in [1.165, 1.54) is 31.6 Å². The molecule has 2 bridgehead atoms. The topological polar surface area (TPSA) is 127 Å². The molecular weight excluding hydrogens is 592 g/mol. The number of aryl methyl sites for hydroxylation is 1. The zero-order valence-electron chi connectivity index (χ0n) is 22.9. The van der Waals surface area contributed by atoms with Gasteiger partial charge in [0.1, 0.15) is 17.4 Å². The van der Waals surface area contributed by atoms with Gasteiger partial charge in [0.05, 0.1) is 23.5 Å². The van der Waals surface area contributed by atoms with Crippen LogP contribution in [0.1, 0.15) is 29.5 Å². The molecule has 1 fully saturated rings. The third kappa shape index (κ3) is 5.70. The van der Waals surface area contributed by atoms with E-state index in [-0.39, 0.29) is 34.4 Å². The molecule has 5 rings (SSSR count). The highest BCUT2D eigenvalue weighted by molar-refractivity contribution is 7.92. The van der Waals surface area contributed by atoms with Crippen LogP contribution in [0.5, 0.6) is 5.75 Å². The van der Waals surface area contributed by atoms with Crippen LogP contribution in [0.25, 0.3) is 11.1 Å². The van der Waals surface area contributed by atoms with Crippen molar-refractivity contribution in [3.63, 3.8) is 0 Å². The van der Waals surface area contributed by atoms with Gasteiger partial charge < -0.3 is 15.4 Å². The van der Waals surface area contributed by atoms with Crippen molar-refractivity contribution in [2.75, 3.05) is 12.4 Å². The average Bonchev–Trinajstić information content (AvgIpc) is 3.58. The standard InChI is InChI=1S/C29H26F4N4O5S/c1-3-24-34-13-17(14-35-24)20-11-21(23(42-2)12-22(20)30)27(38)37-26-16-8-7-15(9-16)25(26)28(39)36-18-5-4-6-19(10-18)43(40,41)29(31,32)33/h4-8,10-16,25-26H,3,9H2,1-2H3,(H,36,39)(H,37,38)/t15-,16+,25+,26-/m1/s1. The Hall–Kier alpha value is -4.33. The van der Waals surface area contributed by atoms with Crippen molar-refractivity contribution >= 4 is 27.3 Å². The lowest BCUT2D eigenvalue weighted by atomic mass is 9.87. The van der Waals surface area contributed by atoms with Crippen LogP contribution in [0, 0.1) is 23.6 Å². The molecule has 2 aromatic carbocycles. The fourth-order valence-corrected chi connectivity index (χ4v) is 6.31. The van der Waals surface area contributed by atoms with E-state index in [0.717, 1.165) is 24.3 Å². The highest BCUT2D eigenvalue weighted by atomic mass is 32.2. The summed E-state index contributed by atoms with van der Waals surface area (Å²) >= 11 is 0. The Morgan fingerprint density at radius 3 is 2.42 bits per heavy atom. The first kappa shape index (κ1) is 30.1. The monoisotopic (exact) mass is 618 g/mol. The molecule has 9 nitrogen and oxygen atoms in total. The van der Waals surface area contributed by atoms with Crippen molar-refractivity contribution in [1.29, 1.82) is 0 Å². The summed E-state index contributed by atoms with van der Waals surface area (Å²) in [7, 11) is -4.34. The molecule has 0 unspecified atom stereocenters. The first-order valence-corrected chi connectivity index (χ1v) is 14.7. The van der Waals surface area contributed by atoms with E-state index in [9.17, 15) is 35.6 Å². The summed E-state index contributed by atoms with van der Waals surface area (Å²) in [6.07, 6.45) is 7.74. The van der Waals surface area contributed by atoms with Crippen LogP contribution < -0.4 is 15.4 Å². The van der Waals surface area contributed by atoms with Crippen LogP contribution >= 0.6 is 0 Å². The number of alkyl halides is 3. The SMILES string of the molecule is CCc1ncc(-c2cc(C(=O)N[C@H]3[C@@H](C(=O)Nc4cccc(S(=O)(=O)C(F)(F)F)c4)[C@@H]4C=C[C@H]3C4)c(OC)cc2F)cn1. The highest BCUT2D eigenvalue weighted by Gasteiger charge is 2.49. The first-order valence-electron chi connectivity index (χ1n) is 13.2. The summed E-state index contributed by atoms with van der Waals surface area (Å²) < 4.78 is 83.1. The summed E-state index contributed by atoms with van der Waals surface area (Å²) in [5, 5.41) is 5.36. The van der Waals surface area contributed by atoms with Crippen LogP contribution in [0.3, 0.4) is 0 Å². The molecule has 2 aliphatic carbocycles. The number of amides is 2. The number of halogens is 4. The summed E-state index contributed by atoms with van der Waals surface area (Å²) in [6.45, 7) is 1.87. The Kier molecular flexibility index (Phi) is 7.99. The van der Waals surface area contributed by atoms with Gasteiger partial charge >= 0.3 is 5.51 Å². The molecule has 43 heavy (non-hydrogen) atoms. The average molecular weight is 619 g/mol. The van der Waals surface area contributed by atoms with Gasteiger partial charge in [0.15, 0.2) is 0 Å². The molecule has 0 saturated heterocycles. The fraction of sp³-hybridized carbons (Fsp3) is 0.310. The Labute approximate surface area is 244 Å². The maximum atomic E-state index is 15.0. The van der Waals surface area contributed by atoms with Gasteiger partial charge in [0, 0.05) is 47.7 Å². The van der Waals surface area contributed by atoms with Gasteiger partial charge in [-0.25, -0.2) is 22.8 Å². The minimum Gasteiger partial charge on any atom is -0.496 e. The highest BCUT2D eigenvalue weighted by Crippen LogP contribution is 2.45. The number of benzene rings is 2. The molecule has 1 heterocycles. The molecule has 1 saturated carbocycles. The summed E-state index contributed by atoms with van der Waals surface area (Å²) in [4.78, 5) is 34.3. The van der Waals surface area contributed by atoms with E-state index in [1.54, 1.807) is 0 Å². The molecule has 14 heteroatoms. The van der Waals surface area contributed by atoms with Crippen LogP contribution in [0.2, 0.25) is 0 Å².